The van der Waals surface area contributed by atoms with Gasteiger partial charge in [0.15, 0.2) is 0 Å². The van der Waals surface area contributed by atoms with Gasteiger partial charge >= 0.3 is 0 Å². The number of carbonyl (C=O) groups excluding carboxylic acids is 2. The number of amides is 2. The van der Waals surface area contributed by atoms with Crippen molar-refractivity contribution in [3.05, 3.63) is 59.0 Å². The zero-order valence-electron chi connectivity index (χ0n) is 15.3. The minimum atomic E-state index is -0.106. The number of nitrogens with zero attached hydrogens (tertiary/aromatic N) is 4. The Labute approximate surface area is 161 Å². The zero-order chi connectivity index (χ0) is 19.0. The van der Waals surface area contributed by atoms with E-state index in [0.29, 0.717) is 18.8 Å². The molecule has 1 aliphatic heterocycles. The topological polar surface area (TPSA) is 66.4 Å². The first-order chi connectivity index (χ1) is 13.1. The van der Waals surface area contributed by atoms with Crippen molar-refractivity contribution in [2.75, 3.05) is 27.2 Å². The third-order valence-electron chi connectivity index (χ3n) is 4.90. The predicted molar refractivity (Wildman–Crippen MR) is 105 cm³/mol. The molecule has 1 unspecified atom stereocenters. The lowest BCUT2D eigenvalue weighted by molar-refractivity contribution is 0.0784. The molecule has 138 valence electrons. The molecule has 0 N–H and O–H groups in total. The largest absolute Gasteiger partial charge is 0.344 e. The van der Waals surface area contributed by atoms with Gasteiger partial charge < -0.3 is 9.80 Å². The van der Waals surface area contributed by atoms with Crippen LogP contribution in [0.15, 0.2) is 42.9 Å². The number of thiophene rings is 1. The summed E-state index contributed by atoms with van der Waals surface area (Å²) in [6, 6.07) is 8.11. The average molecular weight is 380 g/mol. The number of fused-ring (bicyclic) bond motifs is 1. The van der Waals surface area contributed by atoms with Crippen LogP contribution in [0.3, 0.4) is 0 Å². The van der Waals surface area contributed by atoms with Crippen molar-refractivity contribution in [3.8, 4) is 0 Å². The van der Waals surface area contributed by atoms with E-state index in [-0.39, 0.29) is 17.7 Å². The van der Waals surface area contributed by atoms with E-state index in [9.17, 15) is 9.59 Å². The maximum absolute atomic E-state index is 12.8. The summed E-state index contributed by atoms with van der Waals surface area (Å²) in [6.07, 6.45) is 5.41. The highest BCUT2D eigenvalue weighted by Gasteiger charge is 2.33. The molecule has 27 heavy (non-hydrogen) atoms. The summed E-state index contributed by atoms with van der Waals surface area (Å²) in [5.74, 6) is 0.0520. The van der Waals surface area contributed by atoms with Gasteiger partial charge in [-0.1, -0.05) is 18.2 Å². The number of likely N-dealkylation sites (tertiary alicyclic amines) is 1. The molecule has 0 saturated carbocycles. The predicted octanol–water partition coefficient (Wildman–Crippen LogP) is 3.02. The second-order valence-corrected chi connectivity index (χ2v) is 7.92. The molecule has 2 aromatic heterocycles. The first kappa shape index (κ1) is 17.6. The van der Waals surface area contributed by atoms with Gasteiger partial charge in [0.2, 0.25) is 0 Å². The van der Waals surface area contributed by atoms with Gasteiger partial charge in [-0.3, -0.25) is 14.6 Å². The number of rotatable bonds is 3. The Balaban J connectivity index is 1.68. The normalized spacial score (nSPS) is 16.7. The van der Waals surface area contributed by atoms with Crippen molar-refractivity contribution < 1.29 is 9.59 Å². The van der Waals surface area contributed by atoms with E-state index in [4.69, 9.17) is 0 Å². The van der Waals surface area contributed by atoms with Crippen LogP contribution in [0.2, 0.25) is 0 Å². The molecule has 3 aromatic rings. The summed E-state index contributed by atoms with van der Waals surface area (Å²) < 4.78 is 1.11. The van der Waals surface area contributed by atoms with Crippen LogP contribution in [0.4, 0.5) is 0 Å². The molecule has 6 nitrogen and oxygen atoms in total. The fraction of sp³-hybridized carbons (Fsp3) is 0.300. The summed E-state index contributed by atoms with van der Waals surface area (Å²) in [7, 11) is 3.55. The standard InChI is InChI=1S/C20H20N4O2S/c1-23(2)20(26)18-17(14-5-3-4-6-16(14)27-18)13-7-10-24(12-13)19(25)15-11-21-8-9-22-15/h3-6,8-9,11,13H,7,10,12H2,1-2H3. The van der Waals surface area contributed by atoms with E-state index in [0.717, 1.165) is 26.9 Å². The molecule has 0 spiro atoms. The van der Waals surface area contributed by atoms with E-state index in [2.05, 4.69) is 16.0 Å². The van der Waals surface area contributed by atoms with Gasteiger partial charge in [0.1, 0.15) is 5.69 Å². The summed E-state index contributed by atoms with van der Waals surface area (Å²) in [5, 5.41) is 1.12. The van der Waals surface area contributed by atoms with E-state index in [1.54, 1.807) is 25.2 Å². The number of carbonyl (C=O) groups is 2. The number of aromatic nitrogens is 2. The first-order valence-electron chi connectivity index (χ1n) is 8.84. The SMILES string of the molecule is CN(C)C(=O)c1sc2ccccc2c1C1CCN(C(=O)c2cnccn2)C1. The third-order valence-corrected chi connectivity index (χ3v) is 6.07. The van der Waals surface area contributed by atoms with Gasteiger partial charge in [-0.25, -0.2) is 4.98 Å². The lowest BCUT2D eigenvalue weighted by Gasteiger charge is -2.17. The molecule has 7 heteroatoms. The molecular weight excluding hydrogens is 360 g/mol. The monoisotopic (exact) mass is 380 g/mol. The second kappa shape index (κ2) is 7.08. The number of hydrogen-bond donors (Lipinski definition) is 0. The molecule has 0 bridgehead atoms. The van der Waals surface area contributed by atoms with Gasteiger partial charge in [0, 0.05) is 50.2 Å². The fourth-order valence-corrected chi connectivity index (χ4v) is 4.90. The fourth-order valence-electron chi connectivity index (χ4n) is 3.58. The molecular formula is C20H20N4O2S. The molecule has 4 rings (SSSR count). The van der Waals surface area contributed by atoms with Crippen LogP contribution < -0.4 is 0 Å². The van der Waals surface area contributed by atoms with Crippen LogP contribution in [0.5, 0.6) is 0 Å². The molecule has 1 saturated heterocycles. The molecule has 0 aliphatic carbocycles. The number of benzene rings is 1. The van der Waals surface area contributed by atoms with Crippen LogP contribution >= 0.6 is 11.3 Å². The Bertz CT molecular complexity index is 1000. The molecule has 3 heterocycles. The minimum absolute atomic E-state index is 0.0184. The van der Waals surface area contributed by atoms with E-state index < -0.39 is 0 Å². The van der Waals surface area contributed by atoms with Crippen molar-refractivity contribution in [1.29, 1.82) is 0 Å². The maximum atomic E-state index is 12.8. The summed E-state index contributed by atoms with van der Waals surface area (Å²) in [5.41, 5.74) is 1.43. The van der Waals surface area contributed by atoms with E-state index in [1.807, 2.05) is 23.1 Å². The summed E-state index contributed by atoms with van der Waals surface area (Å²) >= 11 is 1.54. The summed E-state index contributed by atoms with van der Waals surface area (Å²) in [4.78, 5) is 37.8. The quantitative estimate of drug-likeness (QED) is 0.701. The van der Waals surface area contributed by atoms with Gasteiger partial charge in [-0.15, -0.1) is 11.3 Å². The van der Waals surface area contributed by atoms with Crippen molar-refractivity contribution in [2.45, 2.75) is 12.3 Å². The van der Waals surface area contributed by atoms with Gasteiger partial charge in [-0.2, -0.15) is 0 Å². The molecule has 0 radical (unpaired) electrons. The van der Waals surface area contributed by atoms with Gasteiger partial charge in [0.25, 0.3) is 11.8 Å². The molecule has 1 fully saturated rings. The van der Waals surface area contributed by atoms with Gasteiger partial charge in [-0.05, 0) is 23.4 Å². The third kappa shape index (κ3) is 3.19. The van der Waals surface area contributed by atoms with Gasteiger partial charge in [0.05, 0.1) is 11.1 Å². The highest BCUT2D eigenvalue weighted by molar-refractivity contribution is 7.21. The first-order valence-corrected chi connectivity index (χ1v) is 9.66. The number of hydrogen-bond acceptors (Lipinski definition) is 5. The highest BCUT2D eigenvalue weighted by Crippen LogP contribution is 2.40. The zero-order valence-corrected chi connectivity index (χ0v) is 16.1. The molecule has 1 atom stereocenters. The lowest BCUT2D eigenvalue weighted by Crippen LogP contribution is -2.29. The van der Waals surface area contributed by atoms with Crippen LogP contribution in [0, 0.1) is 0 Å². The van der Waals surface area contributed by atoms with Crippen LogP contribution in [-0.2, 0) is 0 Å². The molecule has 1 aliphatic rings. The lowest BCUT2D eigenvalue weighted by atomic mass is 9.95. The molecule has 1 aromatic carbocycles. The van der Waals surface area contributed by atoms with Crippen LogP contribution in [0.25, 0.3) is 10.1 Å². The maximum Gasteiger partial charge on any atom is 0.274 e. The Kier molecular flexibility index (Phi) is 4.61. The van der Waals surface area contributed by atoms with Crippen molar-refractivity contribution >= 4 is 33.2 Å². The smallest absolute Gasteiger partial charge is 0.274 e. The highest BCUT2D eigenvalue weighted by atomic mass is 32.1. The minimum Gasteiger partial charge on any atom is -0.344 e. The molecule has 2 amide bonds. The average Bonchev–Trinajstić information content (AvgIpc) is 3.31. The van der Waals surface area contributed by atoms with Crippen LogP contribution in [-0.4, -0.2) is 58.8 Å². The second-order valence-electron chi connectivity index (χ2n) is 6.87. The van der Waals surface area contributed by atoms with E-state index in [1.165, 1.54) is 23.7 Å². The van der Waals surface area contributed by atoms with E-state index >= 15 is 0 Å². The van der Waals surface area contributed by atoms with Crippen molar-refractivity contribution in [2.24, 2.45) is 0 Å². The Morgan fingerprint density at radius 3 is 2.78 bits per heavy atom. The Hall–Kier alpha value is -2.80. The van der Waals surface area contributed by atoms with Crippen LogP contribution in [0.1, 0.15) is 38.1 Å². The van der Waals surface area contributed by atoms with Crippen molar-refractivity contribution in [1.82, 2.24) is 19.8 Å². The van der Waals surface area contributed by atoms with Crippen molar-refractivity contribution in [3.63, 3.8) is 0 Å². The Morgan fingerprint density at radius 2 is 2.04 bits per heavy atom. The summed E-state index contributed by atoms with van der Waals surface area (Å²) in [6.45, 7) is 1.24. The Morgan fingerprint density at radius 1 is 1.22 bits per heavy atom.